The number of benzene rings is 2. The Morgan fingerprint density at radius 3 is 2.38 bits per heavy atom. The molecule has 3 nitrogen and oxygen atoms in total. The first-order valence-corrected chi connectivity index (χ1v) is 7.39. The summed E-state index contributed by atoms with van der Waals surface area (Å²) in [4.78, 5) is 11.8. The summed E-state index contributed by atoms with van der Waals surface area (Å²) in [6, 6.07) is 17.4. The molecule has 0 unspecified atom stereocenters. The summed E-state index contributed by atoms with van der Waals surface area (Å²) in [7, 11) is 0. The maximum Gasteiger partial charge on any atom is 0.353 e. The fourth-order valence-corrected chi connectivity index (χ4v) is 2.97. The van der Waals surface area contributed by atoms with Gasteiger partial charge in [-0.3, -0.25) is 0 Å². The number of carboxylic acids is 1. The molecule has 4 heteroatoms. The van der Waals surface area contributed by atoms with Crippen molar-refractivity contribution >= 4 is 29.5 Å². The monoisotopic (exact) mass is 297 g/mol. The lowest BCUT2D eigenvalue weighted by Crippen LogP contribution is -2.09. The van der Waals surface area contributed by atoms with E-state index in [4.69, 9.17) is 0 Å². The lowest BCUT2D eigenvalue weighted by Gasteiger charge is -2.08. The molecule has 0 bridgehead atoms. The number of hydrogen-bond donors (Lipinski definition) is 2. The molecule has 1 heterocycles. The van der Waals surface area contributed by atoms with E-state index in [-0.39, 0.29) is 0 Å². The lowest BCUT2D eigenvalue weighted by atomic mass is 10.1. The summed E-state index contributed by atoms with van der Waals surface area (Å²) >= 11 is 4.27. The molecule has 0 spiro atoms. The Balaban J connectivity index is 2.42. The molecule has 0 saturated carbocycles. The second-order valence-corrected chi connectivity index (χ2v) is 5.24. The molecule has 21 heavy (non-hydrogen) atoms. The number of carboxylic acid groups (broad SMARTS) is 1. The Morgan fingerprint density at radius 2 is 1.71 bits per heavy atom. The normalized spacial score (nSPS) is 10.9. The van der Waals surface area contributed by atoms with Crippen LogP contribution in [0.1, 0.15) is 16.1 Å². The van der Waals surface area contributed by atoms with Crippen molar-refractivity contribution in [2.45, 2.75) is 6.42 Å². The topological polar surface area (TPSA) is 42.2 Å². The van der Waals surface area contributed by atoms with Gasteiger partial charge in [0.05, 0.1) is 5.52 Å². The van der Waals surface area contributed by atoms with Gasteiger partial charge >= 0.3 is 5.97 Å². The van der Waals surface area contributed by atoms with E-state index in [9.17, 15) is 9.90 Å². The number of carbonyl (C=O) groups is 1. The van der Waals surface area contributed by atoms with Gasteiger partial charge in [-0.2, -0.15) is 12.6 Å². The predicted molar refractivity (Wildman–Crippen MR) is 87.8 cm³/mol. The van der Waals surface area contributed by atoms with Gasteiger partial charge in [0.15, 0.2) is 0 Å². The smallest absolute Gasteiger partial charge is 0.353 e. The molecule has 0 atom stereocenters. The molecule has 3 rings (SSSR count). The van der Waals surface area contributed by atoms with Crippen molar-refractivity contribution in [2.75, 3.05) is 5.75 Å². The quantitative estimate of drug-likeness (QED) is 0.719. The van der Waals surface area contributed by atoms with Crippen LogP contribution in [0.3, 0.4) is 0 Å². The zero-order valence-corrected chi connectivity index (χ0v) is 12.3. The second kappa shape index (κ2) is 5.66. The van der Waals surface area contributed by atoms with Crippen LogP contribution in [0.15, 0.2) is 54.6 Å². The molecular weight excluding hydrogens is 282 g/mol. The Morgan fingerprint density at radius 1 is 1.05 bits per heavy atom. The summed E-state index contributed by atoms with van der Waals surface area (Å²) in [6.45, 7) is 0. The van der Waals surface area contributed by atoms with Crippen molar-refractivity contribution in [2.24, 2.45) is 0 Å². The molecule has 2 aromatic carbocycles. The maximum absolute atomic E-state index is 11.8. The average molecular weight is 297 g/mol. The molecule has 0 fully saturated rings. The summed E-state index contributed by atoms with van der Waals surface area (Å²) in [5, 5.41) is 10.7. The van der Waals surface area contributed by atoms with E-state index in [1.165, 1.54) is 0 Å². The van der Waals surface area contributed by atoms with Gasteiger partial charge in [-0.1, -0.05) is 36.4 Å². The van der Waals surface area contributed by atoms with Gasteiger partial charge in [0, 0.05) is 11.1 Å². The Hall–Kier alpha value is -2.20. The number of nitrogens with zero attached hydrogens (tertiary/aromatic N) is 1. The minimum Gasteiger partial charge on any atom is -0.477 e. The minimum atomic E-state index is -0.910. The first kappa shape index (κ1) is 13.8. The van der Waals surface area contributed by atoms with E-state index in [0.717, 1.165) is 22.2 Å². The molecule has 0 aliphatic rings. The van der Waals surface area contributed by atoms with Crippen LogP contribution in [0, 0.1) is 0 Å². The first-order chi connectivity index (χ1) is 10.2. The van der Waals surface area contributed by atoms with Gasteiger partial charge in [-0.05, 0) is 35.9 Å². The fraction of sp³-hybridized carbons (Fsp3) is 0.118. The van der Waals surface area contributed by atoms with E-state index < -0.39 is 5.97 Å². The first-order valence-electron chi connectivity index (χ1n) is 6.76. The van der Waals surface area contributed by atoms with Crippen molar-refractivity contribution in [1.29, 1.82) is 0 Å². The number of rotatable bonds is 4. The third kappa shape index (κ3) is 2.32. The Bertz CT molecular complexity index is 793. The highest BCUT2D eigenvalue weighted by Gasteiger charge is 2.22. The number of aryl methyl sites for hydroxylation is 1. The highest BCUT2D eigenvalue weighted by Crippen LogP contribution is 2.30. The molecule has 1 N–H and O–H groups in total. The van der Waals surface area contributed by atoms with Crippen molar-refractivity contribution in [1.82, 2.24) is 4.57 Å². The van der Waals surface area contributed by atoms with Crippen molar-refractivity contribution in [3.8, 4) is 5.69 Å². The Kier molecular flexibility index (Phi) is 3.71. The minimum absolute atomic E-state index is 0.330. The molecule has 106 valence electrons. The number of aromatic nitrogens is 1. The zero-order chi connectivity index (χ0) is 14.8. The molecule has 3 aromatic rings. The number of aromatic carboxylic acids is 1. The van der Waals surface area contributed by atoms with Gasteiger partial charge < -0.3 is 9.67 Å². The number of fused-ring (bicyclic) bond motifs is 1. The summed E-state index contributed by atoms with van der Waals surface area (Å²) < 4.78 is 1.82. The van der Waals surface area contributed by atoms with E-state index in [0.29, 0.717) is 17.9 Å². The summed E-state index contributed by atoms with van der Waals surface area (Å²) in [6.07, 6.45) is 0.630. The van der Waals surface area contributed by atoms with Crippen LogP contribution in [-0.2, 0) is 6.42 Å². The molecule has 0 radical (unpaired) electrons. The standard InChI is InChI=1S/C17H15NO2S/c19-17(20)16-14(10-11-21)13-8-4-5-9-15(13)18(16)12-6-2-1-3-7-12/h1-9,21H,10-11H2,(H,19,20). The lowest BCUT2D eigenvalue weighted by molar-refractivity contribution is 0.0687. The SMILES string of the molecule is O=C(O)c1c(CCS)c2ccccc2n1-c1ccccc1. The molecule has 0 aliphatic heterocycles. The van der Waals surface area contributed by atoms with Crippen molar-refractivity contribution in [3.05, 3.63) is 65.9 Å². The summed E-state index contributed by atoms with van der Waals surface area (Å²) in [5.74, 6) is -0.296. The van der Waals surface area contributed by atoms with Gasteiger partial charge in [-0.25, -0.2) is 4.79 Å². The predicted octanol–water partition coefficient (Wildman–Crippen LogP) is 3.80. The molecular formula is C17H15NO2S. The fourth-order valence-electron chi connectivity index (χ4n) is 2.74. The van der Waals surface area contributed by atoms with Gasteiger partial charge in [-0.15, -0.1) is 0 Å². The van der Waals surface area contributed by atoms with Crippen LogP contribution in [0.5, 0.6) is 0 Å². The van der Waals surface area contributed by atoms with Gasteiger partial charge in [0.25, 0.3) is 0 Å². The van der Waals surface area contributed by atoms with Gasteiger partial charge in [0.1, 0.15) is 5.69 Å². The van der Waals surface area contributed by atoms with Crippen LogP contribution in [0.2, 0.25) is 0 Å². The molecule has 1 aromatic heterocycles. The molecule has 0 saturated heterocycles. The van der Waals surface area contributed by atoms with E-state index in [1.807, 2.05) is 59.2 Å². The maximum atomic E-state index is 11.8. The van der Waals surface area contributed by atoms with Crippen LogP contribution in [0.4, 0.5) is 0 Å². The van der Waals surface area contributed by atoms with Crippen molar-refractivity contribution < 1.29 is 9.90 Å². The molecule has 0 amide bonds. The Labute approximate surface area is 128 Å². The largest absolute Gasteiger partial charge is 0.477 e. The van der Waals surface area contributed by atoms with Crippen LogP contribution in [0.25, 0.3) is 16.6 Å². The van der Waals surface area contributed by atoms with Crippen molar-refractivity contribution in [3.63, 3.8) is 0 Å². The molecule has 0 aliphatic carbocycles. The average Bonchev–Trinajstić information content (AvgIpc) is 2.84. The van der Waals surface area contributed by atoms with Crippen LogP contribution in [-0.4, -0.2) is 21.4 Å². The number of hydrogen-bond acceptors (Lipinski definition) is 2. The van der Waals surface area contributed by atoms with Gasteiger partial charge in [0.2, 0.25) is 0 Å². The van der Waals surface area contributed by atoms with Crippen LogP contribution < -0.4 is 0 Å². The third-order valence-electron chi connectivity index (χ3n) is 3.56. The number of para-hydroxylation sites is 2. The van der Waals surface area contributed by atoms with E-state index in [1.54, 1.807) is 0 Å². The zero-order valence-electron chi connectivity index (χ0n) is 11.4. The van der Waals surface area contributed by atoms with E-state index in [2.05, 4.69) is 12.6 Å². The highest BCUT2D eigenvalue weighted by molar-refractivity contribution is 7.80. The second-order valence-electron chi connectivity index (χ2n) is 4.79. The third-order valence-corrected chi connectivity index (χ3v) is 3.78. The summed E-state index contributed by atoms with van der Waals surface area (Å²) in [5.41, 5.74) is 2.95. The number of thiol groups is 1. The highest BCUT2D eigenvalue weighted by atomic mass is 32.1. The van der Waals surface area contributed by atoms with E-state index >= 15 is 0 Å². The van der Waals surface area contributed by atoms with Crippen LogP contribution >= 0.6 is 12.6 Å².